The highest BCUT2D eigenvalue weighted by Crippen LogP contribution is 2.17. The van der Waals surface area contributed by atoms with Crippen molar-refractivity contribution in [1.29, 1.82) is 0 Å². The Kier molecular flexibility index (Phi) is 5.89. The van der Waals surface area contributed by atoms with E-state index in [-0.39, 0.29) is 0 Å². The molecule has 0 fully saturated rings. The molecule has 0 bridgehead atoms. The van der Waals surface area contributed by atoms with Gasteiger partial charge in [0.05, 0.1) is 24.1 Å². The van der Waals surface area contributed by atoms with Crippen LogP contribution in [0, 0.1) is 0 Å². The van der Waals surface area contributed by atoms with Crippen LogP contribution in [0.5, 0.6) is 0 Å². The molecule has 7 nitrogen and oxygen atoms in total. The van der Waals surface area contributed by atoms with Crippen molar-refractivity contribution in [1.82, 2.24) is 25.0 Å². The summed E-state index contributed by atoms with van der Waals surface area (Å²) in [7, 11) is 3.76. The number of hydrogen-bond donors (Lipinski definition) is 1. The van der Waals surface area contributed by atoms with Crippen LogP contribution in [0.3, 0.4) is 0 Å². The van der Waals surface area contributed by atoms with Crippen molar-refractivity contribution in [3.8, 4) is 17.1 Å². The predicted molar refractivity (Wildman–Crippen MR) is 117 cm³/mol. The molecule has 1 N–H and O–H groups in total. The van der Waals surface area contributed by atoms with Crippen LogP contribution in [0.15, 0.2) is 88.7 Å². The minimum atomic E-state index is 0.524. The second kappa shape index (κ2) is 9.09. The first-order chi connectivity index (χ1) is 14.7. The molecule has 2 heterocycles. The topological polar surface area (TPSA) is 71.5 Å². The van der Waals surface area contributed by atoms with Gasteiger partial charge in [-0.1, -0.05) is 36.4 Å². The summed E-state index contributed by atoms with van der Waals surface area (Å²) in [6.07, 6.45) is 5.58. The van der Waals surface area contributed by atoms with Crippen LogP contribution in [-0.4, -0.2) is 39.7 Å². The van der Waals surface area contributed by atoms with E-state index >= 15 is 0 Å². The lowest BCUT2D eigenvalue weighted by Crippen LogP contribution is -2.38. The van der Waals surface area contributed by atoms with Gasteiger partial charge in [0.2, 0.25) is 5.89 Å². The second-order valence-corrected chi connectivity index (χ2v) is 6.90. The van der Waals surface area contributed by atoms with Crippen molar-refractivity contribution < 1.29 is 4.42 Å². The first kappa shape index (κ1) is 19.4. The Morgan fingerprint density at radius 1 is 1.10 bits per heavy atom. The van der Waals surface area contributed by atoms with Crippen molar-refractivity contribution in [2.45, 2.75) is 13.1 Å². The van der Waals surface area contributed by atoms with Crippen LogP contribution in [-0.2, 0) is 13.1 Å². The summed E-state index contributed by atoms with van der Waals surface area (Å²) in [6, 6.07) is 19.9. The van der Waals surface area contributed by atoms with E-state index in [1.54, 1.807) is 13.3 Å². The third-order valence-electron chi connectivity index (χ3n) is 4.65. The van der Waals surface area contributed by atoms with Gasteiger partial charge in [-0.15, -0.1) is 0 Å². The molecule has 0 aliphatic heterocycles. The fourth-order valence-corrected chi connectivity index (χ4v) is 3.17. The number of nitrogens with zero attached hydrogens (tertiary/aromatic N) is 5. The highest BCUT2D eigenvalue weighted by atomic mass is 16.3. The smallest absolute Gasteiger partial charge is 0.226 e. The van der Waals surface area contributed by atoms with Gasteiger partial charge in [0.15, 0.2) is 5.96 Å². The molecule has 0 radical (unpaired) electrons. The van der Waals surface area contributed by atoms with Crippen molar-refractivity contribution in [3.63, 3.8) is 0 Å². The summed E-state index contributed by atoms with van der Waals surface area (Å²) in [4.78, 5) is 11.0. The summed E-state index contributed by atoms with van der Waals surface area (Å²) < 4.78 is 7.48. The molecule has 4 aromatic rings. The minimum Gasteiger partial charge on any atom is -0.444 e. The fraction of sp³-hybridized carbons (Fsp3) is 0.174. The summed E-state index contributed by atoms with van der Waals surface area (Å²) in [5.41, 5.74) is 3.91. The normalized spacial score (nSPS) is 11.5. The molecular weight excluding hydrogens is 376 g/mol. The molecule has 0 spiro atoms. The molecule has 30 heavy (non-hydrogen) atoms. The largest absolute Gasteiger partial charge is 0.444 e. The number of aliphatic imine (C=N–C) groups is 1. The van der Waals surface area contributed by atoms with Crippen molar-refractivity contribution >= 4 is 5.96 Å². The molecule has 0 unspecified atom stereocenters. The van der Waals surface area contributed by atoms with E-state index in [2.05, 4.69) is 20.4 Å². The SMILES string of the molecule is CN=C(NCc1coc(-c2ccccc2)n1)N(C)Cc1cnn(-c2ccccc2)c1. The lowest BCUT2D eigenvalue weighted by Gasteiger charge is -2.21. The summed E-state index contributed by atoms with van der Waals surface area (Å²) in [5, 5.41) is 7.79. The number of para-hydroxylation sites is 1. The summed E-state index contributed by atoms with van der Waals surface area (Å²) in [5.74, 6) is 1.38. The van der Waals surface area contributed by atoms with Gasteiger partial charge in [-0.05, 0) is 24.3 Å². The maximum Gasteiger partial charge on any atom is 0.226 e. The molecule has 2 aromatic carbocycles. The highest BCUT2D eigenvalue weighted by Gasteiger charge is 2.11. The van der Waals surface area contributed by atoms with Gasteiger partial charge in [-0.25, -0.2) is 9.67 Å². The van der Waals surface area contributed by atoms with Gasteiger partial charge < -0.3 is 14.6 Å². The van der Waals surface area contributed by atoms with Crippen LogP contribution >= 0.6 is 0 Å². The van der Waals surface area contributed by atoms with Gasteiger partial charge in [0.25, 0.3) is 0 Å². The third-order valence-corrected chi connectivity index (χ3v) is 4.65. The van der Waals surface area contributed by atoms with Crippen LogP contribution in [0.1, 0.15) is 11.3 Å². The molecule has 7 heteroatoms. The molecule has 0 atom stereocenters. The maximum absolute atomic E-state index is 5.60. The number of rotatable bonds is 6. The number of hydrogen-bond acceptors (Lipinski definition) is 4. The Balaban J connectivity index is 1.35. The first-order valence-electron chi connectivity index (χ1n) is 9.73. The van der Waals surface area contributed by atoms with Crippen molar-refractivity contribution in [2.75, 3.05) is 14.1 Å². The van der Waals surface area contributed by atoms with E-state index in [1.807, 2.05) is 89.7 Å². The van der Waals surface area contributed by atoms with Crippen molar-refractivity contribution in [3.05, 3.63) is 90.6 Å². The van der Waals surface area contributed by atoms with E-state index in [4.69, 9.17) is 4.42 Å². The summed E-state index contributed by atoms with van der Waals surface area (Å²) in [6.45, 7) is 1.21. The van der Waals surface area contributed by atoms with Crippen LogP contribution < -0.4 is 5.32 Å². The number of guanidine groups is 1. The Bertz CT molecular complexity index is 1100. The average molecular weight is 400 g/mol. The van der Waals surface area contributed by atoms with E-state index < -0.39 is 0 Å². The van der Waals surface area contributed by atoms with Gasteiger partial charge in [0, 0.05) is 38.0 Å². The Morgan fingerprint density at radius 3 is 2.57 bits per heavy atom. The molecular formula is C23H24N6O. The lowest BCUT2D eigenvalue weighted by molar-refractivity contribution is 0.476. The first-order valence-corrected chi connectivity index (χ1v) is 9.73. The average Bonchev–Trinajstić information content (AvgIpc) is 3.45. The number of aromatic nitrogens is 3. The van der Waals surface area contributed by atoms with Crippen LogP contribution in [0.25, 0.3) is 17.1 Å². The molecule has 0 amide bonds. The van der Waals surface area contributed by atoms with Crippen LogP contribution in [0.2, 0.25) is 0 Å². The van der Waals surface area contributed by atoms with Gasteiger partial charge >= 0.3 is 0 Å². The number of benzene rings is 2. The highest BCUT2D eigenvalue weighted by molar-refractivity contribution is 5.79. The minimum absolute atomic E-state index is 0.524. The molecule has 2 aromatic heterocycles. The van der Waals surface area contributed by atoms with E-state index in [0.29, 0.717) is 19.0 Å². The quantitative estimate of drug-likeness (QED) is 0.394. The maximum atomic E-state index is 5.60. The number of nitrogens with one attached hydrogen (secondary N) is 1. The second-order valence-electron chi connectivity index (χ2n) is 6.90. The van der Waals surface area contributed by atoms with Gasteiger partial charge in [-0.3, -0.25) is 4.99 Å². The molecule has 152 valence electrons. The van der Waals surface area contributed by atoms with Gasteiger partial charge in [-0.2, -0.15) is 5.10 Å². The third kappa shape index (κ3) is 4.57. The molecule has 0 saturated heterocycles. The predicted octanol–water partition coefficient (Wildman–Crippen LogP) is 3.73. The Labute approximate surface area is 175 Å². The van der Waals surface area contributed by atoms with Crippen molar-refractivity contribution in [2.24, 2.45) is 4.99 Å². The number of oxazole rings is 1. The Morgan fingerprint density at radius 2 is 1.83 bits per heavy atom. The Hall–Kier alpha value is -3.87. The molecule has 0 aliphatic rings. The monoisotopic (exact) mass is 400 g/mol. The fourth-order valence-electron chi connectivity index (χ4n) is 3.17. The van der Waals surface area contributed by atoms with E-state index in [1.165, 1.54) is 0 Å². The molecule has 4 rings (SSSR count). The summed E-state index contributed by atoms with van der Waals surface area (Å²) >= 11 is 0. The lowest BCUT2D eigenvalue weighted by atomic mass is 10.2. The zero-order valence-electron chi connectivity index (χ0n) is 17.1. The molecule has 0 saturated carbocycles. The van der Waals surface area contributed by atoms with E-state index in [0.717, 1.165) is 28.5 Å². The van der Waals surface area contributed by atoms with E-state index in [9.17, 15) is 0 Å². The van der Waals surface area contributed by atoms with Crippen LogP contribution in [0.4, 0.5) is 0 Å². The zero-order valence-corrected chi connectivity index (χ0v) is 17.1. The van der Waals surface area contributed by atoms with Gasteiger partial charge in [0.1, 0.15) is 6.26 Å². The molecule has 0 aliphatic carbocycles. The zero-order chi connectivity index (χ0) is 20.8. The standard InChI is InChI=1S/C23H24N6O/c1-24-23(25-14-20-17-30-22(27-20)19-9-5-3-6-10-19)28(2)15-18-13-26-29(16-18)21-11-7-4-8-12-21/h3-13,16-17H,14-15H2,1-2H3,(H,24,25).